The van der Waals surface area contributed by atoms with Crippen LogP contribution in [0.3, 0.4) is 0 Å². The van der Waals surface area contributed by atoms with E-state index >= 15 is 0 Å². The van der Waals surface area contributed by atoms with Crippen LogP contribution in [0.5, 0.6) is 0 Å². The summed E-state index contributed by atoms with van der Waals surface area (Å²) in [6.45, 7) is 5.99. The van der Waals surface area contributed by atoms with Gasteiger partial charge in [0.15, 0.2) is 0 Å². The lowest BCUT2D eigenvalue weighted by molar-refractivity contribution is -0.115. The summed E-state index contributed by atoms with van der Waals surface area (Å²) in [5.41, 5.74) is 10.3. The van der Waals surface area contributed by atoms with Crippen molar-refractivity contribution in [3.63, 3.8) is 0 Å². The molecule has 1 heterocycles. The quantitative estimate of drug-likeness (QED) is 0.155. The molecular formula is C29H33F2N5O2. The first-order chi connectivity index (χ1) is 18.0. The lowest BCUT2D eigenvalue weighted by atomic mass is 9.89. The first-order valence-electron chi connectivity index (χ1n) is 12.1. The number of aliphatic imine (C=N–C) groups is 1. The van der Waals surface area contributed by atoms with Crippen LogP contribution in [0.1, 0.15) is 57.1 Å². The third kappa shape index (κ3) is 8.43. The van der Waals surface area contributed by atoms with Gasteiger partial charge < -0.3 is 21.4 Å². The SMILES string of the molecule is CCCCN=C(C)N/C=C(/C(N)=O)C(C)(N)C#CC#CCC(c1cc(F)ccc1F)c1cccn(C)c1=O. The van der Waals surface area contributed by atoms with Gasteiger partial charge >= 0.3 is 0 Å². The number of benzene rings is 1. The summed E-state index contributed by atoms with van der Waals surface area (Å²) in [6.07, 6.45) is 4.89. The number of pyridine rings is 1. The molecule has 1 amide bonds. The van der Waals surface area contributed by atoms with Crippen molar-refractivity contribution >= 4 is 11.7 Å². The molecule has 0 radical (unpaired) electrons. The Labute approximate surface area is 222 Å². The number of aryl methyl sites for hydroxylation is 1. The van der Waals surface area contributed by atoms with Gasteiger partial charge in [0.25, 0.3) is 5.56 Å². The molecule has 2 aromatic rings. The largest absolute Gasteiger partial charge is 0.366 e. The van der Waals surface area contributed by atoms with Gasteiger partial charge in [0.1, 0.15) is 17.2 Å². The van der Waals surface area contributed by atoms with Crippen LogP contribution in [-0.2, 0) is 11.8 Å². The highest BCUT2D eigenvalue weighted by molar-refractivity contribution is 5.96. The monoisotopic (exact) mass is 521 g/mol. The van der Waals surface area contributed by atoms with Crippen LogP contribution in [-0.4, -0.2) is 28.4 Å². The van der Waals surface area contributed by atoms with Gasteiger partial charge in [-0.3, -0.25) is 14.6 Å². The highest BCUT2D eigenvalue weighted by Crippen LogP contribution is 2.28. The summed E-state index contributed by atoms with van der Waals surface area (Å²) < 4.78 is 29.9. The molecule has 5 N–H and O–H groups in total. The molecule has 0 fully saturated rings. The molecule has 0 saturated heterocycles. The zero-order valence-corrected chi connectivity index (χ0v) is 22.1. The number of hydrogen-bond acceptors (Lipinski definition) is 4. The fraction of sp³-hybridized carbons (Fsp3) is 0.345. The smallest absolute Gasteiger partial charge is 0.254 e. The van der Waals surface area contributed by atoms with Crippen molar-refractivity contribution in [3.05, 3.63) is 81.4 Å². The number of nitrogens with one attached hydrogen (secondary N) is 1. The predicted molar refractivity (Wildman–Crippen MR) is 146 cm³/mol. The van der Waals surface area contributed by atoms with Gasteiger partial charge in [-0.1, -0.05) is 31.3 Å². The molecule has 2 rings (SSSR count). The first-order valence-corrected chi connectivity index (χ1v) is 12.1. The number of amidine groups is 1. The van der Waals surface area contributed by atoms with E-state index in [4.69, 9.17) is 11.5 Å². The van der Waals surface area contributed by atoms with Crippen LogP contribution in [0, 0.1) is 35.3 Å². The van der Waals surface area contributed by atoms with E-state index in [0.29, 0.717) is 12.4 Å². The van der Waals surface area contributed by atoms with E-state index in [2.05, 4.69) is 40.9 Å². The van der Waals surface area contributed by atoms with E-state index in [0.717, 1.165) is 31.0 Å². The molecule has 0 aliphatic heterocycles. The predicted octanol–water partition coefficient (Wildman–Crippen LogP) is 3.09. The van der Waals surface area contributed by atoms with E-state index in [1.165, 1.54) is 17.7 Å². The number of nitrogens with two attached hydrogens (primary N) is 2. The van der Waals surface area contributed by atoms with Gasteiger partial charge in [0, 0.05) is 43.9 Å². The van der Waals surface area contributed by atoms with Gasteiger partial charge in [-0.2, -0.15) is 0 Å². The Kier molecular flexibility index (Phi) is 11.0. The molecule has 38 heavy (non-hydrogen) atoms. The van der Waals surface area contributed by atoms with Crippen LogP contribution in [0.15, 0.2) is 58.1 Å². The minimum atomic E-state index is -1.43. The number of rotatable bonds is 9. The number of primary amides is 1. The molecule has 200 valence electrons. The van der Waals surface area contributed by atoms with Crippen molar-refractivity contribution in [1.82, 2.24) is 9.88 Å². The molecule has 0 aliphatic carbocycles. The Bertz CT molecular complexity index is 1400. The first kappa shape index (κ1) is 30.0. The van der Waals surface area contributed by atoms with E-state index in [1.54, 1.807) is 32.3 Å². The second-order valence-corrected chi connectivity index (χ2v) is 8.94. The average molecular weight is 522 g/mol. The summed E-state index contributed by atoms with van der Waals surface area (Å²) in [7, 11) is 1.57. The Hall–Kier alpha value is -4.21. The molecule has 7 nitrogen and oxygen atoms in total. The number of unbranched alkanes of at least 4 members (excludes halogenated alkanes) is 1. The molecule has 0 bridgehead atoms. The molecule has 0 saturated carbocycles. The molecule has 0 spiro atoms. The van der Waals surface area contributed by atoms with E-state index in [-0.39, 0.29) is 28.7 Å². The summed E-state index contributed by atoms with van der Waals surface area (Å²) in [6, 6.07) is 6.29. The van der Waals surface area contributed by atoms with Crippen molar-refractivity contribution < 1.29 is 13.6 Å². The normalized spacial score (nSPS) is 13.9. The van der Waals surface area contributed by atoms with Crippen molar-refractivity contribution in [3.8, 4) is 23.7 Å². The maximum absolute atomic E-state index is 14.6. The van der Waals surface area contributed by atoms with E-state index in [9.17, 15) is 18.4 Å². The van der Waals surface area contributed by atoms with Gasteiger partial charge in [0.2, 0.25) is 5.91 Å². The lowest BCUT2D eigenvalue weighted by Crippen LogP contribution is -2.43. The Morgan fingerprint density at radius 1 is 1.26 bits per heavy atom. The molecule has 1 aromatic carbocycles. The molecule has 9 heteroatoms. The minimum Gasteiger partial charge on any atom is -0.366 e. The van der Waals surface area contributed by atoms with Crippen molar-refractivity contribution in [2.75, 3.05) is 6.54 Å². The summed E-state index contributed by atoms with van der Waals surface area (Å²) in [5, 5.41) is 2.91. The summed E-state index contributed by atoms with van der Waals surface area (Å²) in [4.78, 5) is 29.1. The number of carbonyl (C=O) groups is 1. The summed E-state index contributed by atoms with van der Waals surface area (Å²) >= 11 is 0. The summed E-state index contributed by atoms with van der Waals surface area (Å²) in [5.74, 6) is 8.50. The van der Waals surface area contributed by atoms with Crippen molar-refractivity contribution in [2.45, 2.75) is 51.5 Å². The number of halogens is 2. The maximum Gasteiger partial charge on any atom is 0.254 e. The highest BCUT2D eigenvalue weighted by atomic mass is 19.1. The number of aromatic nitrogens is 1. The minimum absolute atomic E-state index is 0.0108. The second kappa shape index (κ2) is 13.9. The fourth-order valence-electron chi connectivity index (χ4n) is 3.58. The zero-order chi connectivity index (χ0) is 28.3. The Balaban J connectivity index is 2.33. The van der Waals surface area contributed by atoms with Crippen molar-refractivity contribution in [1.29, 1.82) is 0 Å². The number of hydrogen-bond donors (Lipinski definition) is 3. The van der Waals surface area contributed by atoms with Crippen LogP contribution in [0.4, 0.5) is 8.78 Å². The highest BCUT2D eigenvalue weighted by Gasteiger charge is 2.26. The number of nitrogens with zero attached hydrogens (tertiary/aromatic N) is 2. The van der Waals surface area contributed by atoms with Crippen LogP contribution < -0.4 is 22.3 Å². The third-order valence-electron chi connectivity index (χ3n) is 5.75. The van der Waals surface area contributed by atoms with Gasteiger partial charge in [0.05, 0.1) is 11.4 Å². The van der Waals surface area contributed by atoms with Gasteiger partial charge in [-0.05, 0) is 61.9 Å². The standard InChI is InChI=1S/C29H33F2N5O2/c1-5-6-16-34-20(2)35-19-25(27(32)37)29(3,33)15-9-7-8-11-22(23-12-10-17-36(4)28(23)38)24-18-21(30)13-14-26(24)31/h10,12-14,17-19,22H,5-6,11,16,33H2,1-4H3,(H2,32,37)(H,34,35)/b25-19-. The lowest BCUT2D eigenvalue weighted by Gasteiger charge is -2.19. The Morgan fingerprint density at radius 3 is 2.68 bits per heavy atom. The van der Waals surface area contributed by atoms with E-state index < -0.39 is 29.0 Å². The molecule has 0 aliphatic rings. The van der Waals surface area contributed by atoms with Crippen LogP contribution >= 0.6 is 0 Å². The Morgan fingerprint density at radius 2 is 2.00 bits per heavy atom. The van der Waals surface area contributed by atoms with E-state index in [1.807, 2.05) is 0 Å². The van der Waals surface area contributed by atoms with Gasteiger partial charge in [-0.15, -0.1) is 0 Å². The topological polar surface area (TPSA) is 115 Å². The molecular weight excluding hydrogens is 488 g/mol. The number of amides is 1. The fourth-order valence-corrected chi connectivity index (χ4v) is 3.58. The zero-order valence-electron chi connectivity index (χ0n) is 22.1. The second-order valence-electron chi connectivity index (χ2n) is 8.94. The maximum atomic E-state index is 14.6. The number of carbonyl (C=O) groups excluding carboxylic acids is 1. The average Bonchev–Trinajstić information content (AvgIpc) is 2.85. The molecule has 1 aromatic heterocycles. The van der Waals surface area contributed by atoms with Crippen molar-refractivity contribution in [2.24, 2.45) is 23.5 Å². The van der Waals surface area contributed by atoms with Gasteiger partial charge in [-0.25, -0.2) is 8.78 Å². The molecule has 2 unspecified atom stereocenters. The van der Waals surface area contributed by atoms with Crippen LogP contribution in [0.25, 0.3) is 0 Å². The molecule has 2 atom stereocenters. The third-order valence-corrected chi connectivity index (χ3v) is 5.75. The van der Waals surface area contributed by atoms with Crippen LogP contribution in [0.2, 0.25) is 0 Å².